The van der Waals surface area contributed by atoms with Gasteiger partial charge in [0.05, 0.1) is 22.0 Å². The third-order valence-corrected chi connectivity index (χ3v) is 4.86. The molecule has 1 heterocycles. The molecule has 0 fully saturated rings. The maximum Gasteiger partial charge on any atom is 0.367 e. The van der Waals surface area contributed by atoms with Crippen LogP contribution in [-0.2, 0) is 11.3 Å². The molecule has 7 heteroatoms. The molecule has 3 rings (SSSR count). The highest BCUT2D eigenvalue weighted by Gasteiger charge is 2.32. The van der Waals surface area contributed by atoms with Crippen molar-refractivity contribution in [3.8, 4) is 0 Å². The molecule has 1 aromatic heterocycles. The second-order valence-electron chi connectivity index (χ2n) is 6.63. The fourth-order valence-electron chi connectivity index (χ4n) is 2.79. The van der Waals surface area contributed by atoms with E-state index < -0.39 is 5.97 Å². The molecule has 0 amide bonds. The van der Waals surface area contributed by atoms with E-state index in [1.165, 1.54) is 11.8 Å². The zero-order valence-corrected chi connectivity index (χ0v) is 15.8. The Kier molecular flexibility index (Phi) is 5.11. The number of thioether (sulfide) groups is 1. The van der Waals surface area contributed by atoms with E-state index in [0.717, 1.165) is 22.8 Å². The number of fused-ring (bicyclic) bond motifs is 1. The molecule has 0 radical (unpaired) electrons. The molecule has 0 unspecified atom stereocenters. The van der Waals surface area contributed by atoms with Crippen molar-refractivity contribution in [3.63, 3.8) is 0 Å². The number of benzene rings is 1. The zero-order valence-electron chi connectivity index (χ0n) is 14.2. The number of aromatic nitrogens is 2. The van der Waals surface area contributed by atoms with Gasteiger partial charge in [0.15, 0.2) is 5.16 Å². The Balaban J connectivity index is 1.90. The van der Waals surface area contributed by atoms with Gasteiger partial charge < -0.3 is 4.84 Å². The zero-order chi connectivity index (χ0) is 18.0. The van der Waals surface area contributed by atoms with Gasteiger partial charge in [0, 0.05) is 11.8 Å². The predicted molar refractivity (Wildman–Crippen MR) is 99.3 cm³/mol. The Morgan fingerprint density at radius 2 is 2.08 bits per heavy atom. The number of carbonyl (C=O) groups is 1. The fourth-order valence-corrected chi connectivity index (χ4v) is 3.36. The summed E-state index contributed by atoms with van der Waals surface area (Å²) in [6, 6.07) is 6.73. The molecule has 1 aliphatic carbocycles. The van der Waals surface area contributed by atoms with E-state index in [4.69, 9.17) is 16.4 Å². The number of rotatable bonds is 3. The Hall–Kier alpha value is -1.92. The van der Waals surface area contributed by atoms with Crippen LogP contribution in [0.3, 0.4) is 0 Å². The quantitative estimate of drug-likeness (QED) is 0.344. The van der Waals surface area contributed by atoms with Crippen molar-refractivity contribution in [2.75, 3.05) is 6.26 Å². The topological polar surface area (TPSA) is 64.4 Å². The largest absolute Gasteiger partial charge is 0.367 e. The minimum absolute atomic E-state index is 0.0212. The SMILES string of the molecule is CSc1ncc2c(n1)CC(C)(C)CC2=NOC(=O)c1ccccc1Cl. The first kappa shape index (κ1) is 17.9. The van der Waals surface area contributed by atoms with E-state index >= 15 is 0 Å². The third kappa shape index (κ3) is 4.02. The van der Waals surface area contributed by atoms with Gasteiger partial charge in [-0.15, -0.1) is 0 Å². The van der Waals surface area contributed by atoms with Crippen molar-refractivity contribution in [1.29, 1.82) is 0 Å². The second kappa shape index (κ2) is 7.14. The molecule has 0 spiro atoms. The minimum atomic E-state index is -0.579. The van der Waals surface area contributed by atoms with Crippen molar-refractivity contribution < 1.29 is 9.63 Å². The van der Waals surface area contributed by atoms with E-state index in [-0.39, 0.29) is 11.0 Å². The van der Waals surface area contributed by atoms with Crippen LogP contribution in [0.5, 0.6) is 0 Å². The third-order valence-electron chi connectivity index (χ3n) is 3.96. The lowest BCUT2D eigenvalue weighted by molar-refractivity contribution is 0.0514. The van der Waals surface area contributed by atoms with Crippen molar-refractivity contribution in [3.05, 3.63) is 52.3 Å². The van der Waals surface area contributed by atoms with Crippen molar-refractivity contribution in [2.45, 2.75) is 31.8 Å². The second-order valence-corrected chi connectivity index (χ2v) is 7.81. The summed E-state index contributed by atoms with van der Waals surface area (Å²) >= 11 is 7.53. The lowest BCUT2D eigenvalue weighted by Crippen LogP contribution is -2.29. The van der Waals surface area contributed by atoms with Gasteiger partial charge in [-0.2, -0.15) is 0 Å². The highest BCUT2D eigenvalue weighted by molar-refractivity contribution is 7.98. The average Bonchev–Trinajstić information content (AvgIpc) is 2.58. The van der Waals surface area contributed by atoms with Crippen LogP contribution >= 0.6 is 23.4 Å². The van der Waals surface area contributed by atoms with Crippen molar-refractivity contribution >= 4 is 35.0 Å². The number of hydrogen-bond donors (Lipinski definition) is 0. The van der Waals surface area contributed by atoms with Crippen molar-refractivity contribution in [1.82, 2.24) is 9.97 Å². The molecular formula is C18H18ClN3O2S. The van der Waals surface area contributed by atoms with Crippen LogP contribution in [0.1, 0.15) is 41.9 Å². The molecule has 0 saturated heterocycles. The van der Waals surface area contributed by atoms with E-state index in [0.29, 0.717) is 17.2 Å². The molecule has 25 heavy (non-hydrogen) atoms. The van der Waals surface area contributed by atoms with E-state index in [2.05, 4.69) is 29.0 Å². The van der Waals surface area contributed by atoms with Gasteiger partial charge in [0.1, 0.15) is 0 Å². The summed E-state index contributed by atoms with van der Waals surface area (Å²) in [6.07, 6.45) is 5.20. The first-order valence-corrected chi connectivity index (χ1v) is 9.43. The standard InChI is InChI=1S/C18H18ClN3O2S/c1-18(2)8-14-12(10-20-17(21-14)25-3)15(9-18)22-24-16(23)11-6-4-5-7-13(11)19/h4-7,10H,8-9H2,1-3H3. The summed E-state index contributed by atoms with van der Waals surface area (Å²) in [7, 11) is 0. The molecule has 0 atom stereocenters. The first-order valence-electron chi connectivity index (χ1n) is 7.83. The van der Waals surface area contributed by atoms with E-state index in [1.54, 1.807) is 30.5 Å². The van der Waals surface area contributed by atoms with Crippen LogP contribution < -0.4 is 0 Å². The van der Waals surface area contributed by atoms with Crippen LogP contribution in [0.4, 0.5) is 0 Å². The fraction of sp³-hybridized carbons (Fsp3) is 0.333. The molecule has 0 aliphatic heterocycles. The maximum absolute atomic E-state index is 12.2. The molecule has 0 saturated carbocycles. The van der Waals surface area contributed by atoms with Crippen LogP contribution in [0, 0.1) is 5.41 Å². The van der Waals surface area contributed by atoms with Gasteiger partial charge in [-0.3, -0.25) is 0 Å². The van der Waals surface area contributed by atoms with Gasteiger partial charge in [0.25, 0.3) is 0 Å². The van der Waals surface area contributed by atoms with E-state index in [1.807, 2.05) is 6.26 Å². The molecule has 130 valence electrons. The minimum Gasteiger partial charge on any atom is -0.312 e. The lowest BCUT2D eigenvalue weighted by atomic mass is 9.76. The summed E-state index contributed by atoms with van der Waals surface area (Å²) in [5.74, 6) is -0.579. The van der Waals surface area contributed by atoms with Crippen LogP contribution in [-0.4, -0.2) is 27.9 Å². The van der Waals surface area contributed by atoms with Gasteiger partial charge in [-0.05, 0) is 36.6 Å². The van der Waals surface area contributed by atoms with Gasteiger partial charge in [-0.1, -0.05) is 54.5 Å². The smallest absolute Gasteiger partial charge is 0.312 e. The summed E-state index contributed by atoms with van der Waals surface area (Å²) in [5, 5.41) is 5.18. The van der Waals surface area contributed by atoms with Crippen molar-refractivity contribution in [2.24, 2.45) is 10.6 Å². The van der Waals surface area contributed by atoms with Gasteiger partial charge in [0.2, 0.25) is 0 Å². The number of hydrogen-bond acceptors (Lipinski definition) is 6. The highest BCUT2D eigenvalue weighted by atomic mass is 35.5. The number of halogens is 1. The predicted octanol–water partition coefficient (Wildman–Crippen LogP) is 4.39. The highest BCUT2D eigenvalue weighted by Crippen LogP contribution is 2.34. The Labute approximate surface area is 155 Å². The van der Waals surface area contributed by atoms with E-state index in [9.17, 15) is 4.79 Å². The molecular weight excluding hydrogens is 358 g/mol. The average molecular weight is 376 g/mol. The Morgan fingerprint density at radius 1 is 1.32 bits per heavy atom. The molecule has 1 aromatic carbocycles. The molecule has 2 aromatic rings. The summed E-state index contributed by atoms with van der Waals surface area (Å²) in [5.41, 5.74) is 2.72. The Bertz CT molecular complexity index is 852. The molecule has 1 aliphatic rings. The summed E-state index contributed by atoms with van der Waals surface area (Å²) < 4.78 is 0. The normalized spacial score (nSPS) is 17.2. The van der Waals surface area contributed by atoms with Crippen LogP contribution in [0.25, 0.3) is 0 Å². The summed E-state index contributed by atoms with van der Waals surface area (Å²) in [6.45, 7) is 4.28. The van der Waals surface area contributed by atoms with Crippen LogP contribution in [0.2, 0.25) is 5.02 Å². The molecule has 0 N–H and O–H groups in total. The number of nitrogens with zero attached hydrogens (tertiary/aromatic N) is 3. The Morgan fingerprint density at radius 3 is 2.80 bits per heavy atom. The number of oxime groups is 1. The van der Waals surface area contributed by atoms with Gasteiger partial charge in [-0.25, -0.2) is 14.8 Å². The maximum atomic E-state index is 12.2. The first-order chi connectivity index (χ1) is 11.9. The van der Waals surface area contributed by atoms with Gasteiger partial charge >= 0.3 is 5.97 Å². The number of carbonyl (C=O) groups excluding carboxylic acids is 1. The van der Waals surface area contributed by atoms with Crippen LogP contribution in [0.15, 0.2) is 40.8 Å². The molecule has 5 nitrogen and oxygen atoms in total. The lowest BCUT2D eigenvalue weighted by Gasteiger charge is -2.30. The monoisotopic (exact) mass is 375 g/mol. The molecule has 0 bridgehead atoms. The summed E-state index contributed by atoms with van der Waals surface area (Å²) in [4.78, 5) is 26.3.